The van der Waals surface area contributed by atoms with Crippen LogP contribution in [0.1, 0.15) is 5.69 Å². The molecule has 5 nitrogen and oxygen atoms in total. The molecule has 0 bridgehead atoms. The van der Waals surface area contributed by atoms with Crippen LogP contribution in [0.2, 0.25) is 0 Å². The molecule has 0 saturated heterocycles. The van der Waals surface area contributed by atoms with Gasteiger partial charge in [-0.3, -0.25) is 0 Å². The summed E-state index contributed by atoms with van der Waals surface area (Å²) in [5, 5.41) is 17.8. The van der Waals surface area contributed by atoms with E-state index >= 15 is 0 Å². The second-order valence-electron chi connectivity index (χ2n) is 2.26. The topological polar surface area (TPSA) is 75.5 Å². The molecule has 0 spiro atoms. The highest BCUT2D eigenvalue weighted by atomic mass is 16.5. The number of hydrogen-bond donors (Lipinski definition) is 2. The lowest BCUT2D eigenvalue weighted by atomic mass is 9.79. The molecule has 6 heteroatoms. The van der Waals surface area contributed by atoms with Crippen LogP contribution in [0, 0.1) is 6.92 Å². The van der Waals surface area contributed by atoms with Crippen LogP contribution in [0.15, 0.2) is 6.33 Å². The van der Waals surface area contributed by atoms with Crippen molar-refractivity contribution in [2.75, 3.05) is 7.11 Å². The highest BCUT2D eigenvalue weighted by molar-refractivity contribution is 6.60. The fourth-order valence-electron chi connectivity index (χ4n) is 0.922. The zero-order chi connectivity index (χ0) is 9.14. The van der Waals surface area contributed by atoms with E-state index in [0.29, 0.717) is 5.69 Å². The SMILES string of the molecule is COc1ncnc(C)c1B(O)O. The van der Waals surface area contributed by atoms with E-state index in [4.69, 9.17) is 14.8 Å². The number of aromatic nitrogens is 2. The third-order valence-corrected chi connectivity index (χ3v) is 1.50. The molecule has 0 radical (unpaired) electrons. The van der Waals surface area contributed by atoms with E-state index in [1.807, 2.05) is 0 Å². The lowest BCUT2D eigenvalue weighted by Crippen LogP contribution is -2.34. The lowest BCUT2D eigenvalue weighted by molar-refractivity contribution is 0.389. The summed E-state index contributed by atoms with van der Waals surface area (Å²) < 4.78 is 4.82. The number of ether oxygens (including phenoxy) is 1. The van der Waals surface area contributed by atoms with Gasteiger partial charge in [-0.25, -0.2) is 9.97 Å². The number of hydrogen-bond acceptors (Lipinski definition) is 5. The molecule has 0 unspecified atom stereocenters. The molecule has 1 heterocycles. The monoisotopic (exact) mass is 168 g/mol. The molecule has 12 heavy (non-hydrogen) atoms. The predicted molar refractivity (Wildman–Crippen MR) is 43.1 cm³/mol. The highest BCUT2D eigenvalue weighted by Crippen LogP contribution is 2.02. The Labute approximate surface area is 70.2 Å². The van der Waals surface area contributed by atoms with Crippen LogP contribution in [0.3, 0.4) is 0 Å². The van der Waals surface area contributed by atoms with Gasteiger partial charge in [0.05, 0.1) is 12.6 Å². The van der Waals surface area contributed by atoms with Crippen LogP contribution < -0.4 is 10.2 Å². The first-order valence-corrected chi connectivity index (χ1v) is 3.38. The van der Waals surface area contributed by atoms with Gasteiger partial charge < -0.3 is 14.8 Å². The zero-order valence-electron chi connectivity index (χ0n) is 6.85. The molecule has 0 fully saturated rings. The van der Waals surface area contributed by atoms with Crippen molar-refractivity contribution in [1.29, 1.82) is 0 Å². The van der Waals surface area contributed by atoms with Gasteiger partial charge in [-0.2, -0.15) is 0 Å². The number of methoxy groups -OCH3 is 1. The van der Waals surface area contributed by atoms with E-state index in [1.165, 1.54) is 13.4 Å². The Balaban J connectivity index is 3.20. The van der Waals surface area contributed by atoms with Crippen molar-refractivity contribution in [2.45, 2.75) is 6.92 Å². The first-order valence-electron chi connectivity index (χ1n) is 3.38. The molecule has 0 saturated carbocycles. The Bertz CT molecular complexity index is 279. The van der Waals surface area contributed by atoms with Crippen LogP contribution in [-0.4, -0.2) is 34.2 Å². The van der Waals surface area contributed by atoms with E-state index in [-0.39, 0.29) is 11.3 Å². The number of aryl methyl sites for hydroxylation is 1. The van der Waals surface area contributed by atoms with Crippen molar-refractivity contribution in [1.82, 2.24) is 9.97 Å². The molecule has 1 aromatic heterocycles. The van der Waals surface area contributed by atoms with Crippen molar-refractivity contribution in [3.8, 4) is 5.88 Å². The Morgan fingerprint density at radius 3 is 2.50 bits per heavy atom. The zero-order valence-corrected chi connectivity index (χ0v) is 6.85. The van der Waals surface area contributed by atoms with Gasteiger partial charge in [0.2, 0.25) is 5.88 Å². The van der Waals surface area contributed by atoms with Gasteiger partial charge >= 0.3 is 7.12 Å². The van der Waals surface area contributed by atoms with Crippen LogP contribution in [-0.2, 0) is 0 Å². The predicted octanol–water partition coefficient (Wildman–Crippen LogP) is -1.53. The van der Waals surface area contributed by atoms with E-state index in [0.717, 1.165) is 0 Å². The fourth-order valence-corrected chi connectivity index (χ4v) is 0.922. The van der Waals surface area contributed by atoms with Crippen LogP contribution in [0.25, 0.3) is 0 Å². The van der Waals surface area contributed by atoms with Crippen molar-refractivity contribution >= 4 is 12.6 Å². The molecule has 0 aliphatic heterocycles. The van der Waals surface area contributed by atoms with Gasteiger partial charge in [-0.15, -0.1) is 0 Å². The van der Waals surface area contributed by atoms with Gasteiger partial charge in [0.1, 0.15) is 6.33 Å². The molecular weight excluding hydrogens is 159 g/mol. The Kier molecular flexibility index (Phi) is 2.62. The molecule has 1 aromatic rings. The Morgan fingerprint density at radius 2 is 2.08 bits per heavy atom. The summed E-state index contributed by atoms with van der Waals surface area (Å²) in [6.07, 6.45) is 1.31. The summed E-state index contributed by atoms with van der Waals surface area (Å²) in [6.45, 7) is 1.65. The summed E-state index contributed by atoms with van der Waals surface area (Å²) in [4.78, 5) is 7.52. The molecule has 1 rings (SSSR count). The van der Waals surface area contributed by atoms with Gasteiger partial charge in [0, 0.05) is 5.69 Å². The molecule has 0 aliphatic carbocycles. The maximum Gasteiger partial charge on any atom is 0.495 e. The van der Waals surface area contributed by atoms with E-state index in [2.05, 4.69) is 9.97 Å². The quantitative estimate of drug-likeness (QED) is 0.524. The molecule has 0 aliphatic rings. The lowest BCUT2D eigenvalue weighted by Gasteiger charge is -2.07. The normalized spacial score (nSPS) is 9.67. The molecule has 64 valence electrons. The van der Waals surface area contributed by atoms with Gasteiger partial charge in [-0.05, 0) is 6.92 Å². The minimum Gasteiger partial charge on any atom is -0.481 e. The number of rotatable bonds is 2. The minimum absolute atomic E-state index is 0.192. The maximum atomic E-state index is 8.91. The molecule has 2 N–H and O–H groups in total. The average molecular weight is 168 g/mol. The highest BCUT2D eigenvalue weighted by Gasteiger charge is 2.21. The van der Waals surface area contributed by atoms with Gasteiger partial charge in [0.25, 0.3) is 0 Å². The third kappa shape index (κ3) is 1.54. The Hall–Kier alpha value is -1.14. The van der Waals surface area contributed by atoms with Gasteiger partial charge in [-0.1, -0.05) is 0 Å². The molecule has 0 amide bonds. The first-order chi connectivity index (χ1) is 5.66. The first kappa shape index (κ1) is 8.96. The molecule has 0 atom stereocenters. The molecular formula is C6H9BN2O3. The average Bonchev–Trinajstić information content (AvgIpc) is 2.03. The molecule has 0 aromatic carbocycles. The number of nitrogens with zero attached hydrogens (tertiary/aromatic N) is 2. The summed E-state index contributed by atoms with van der Waals surface area (Å²) in [5.74, 6) is 0.192. The van der Waals surface area contributed by atoms with Crippen molar-refractivity contribution < 1.29 is 14.8 Å². The fraction of sp³-hybridized carbons (Fsp3) is 0.333. The summed E-state index contributed by atoms with van der Waals surface area (Å²) in [7, 11) is -0.186. The largest absolute Gasteiger partial charge is 0.495 e. The van der Waals surface area contributed by atoms with Gasteiger partial charge in [0.15, 0.2) is 0 Å². The van der Waals surface area contributed by atoms with Crippen LogP contribution in [0.5, 0.6) is 5.88 Å². The summed E-state index contributed by atoms with van der Waals surface area (Å²) in [5.41, 5.74) is 0.705. The second kappa shape index (κ2) is 3.51. The summed E-state index contributed by atoms with van der Waals surface area (Å²) in [6, 6.07) is 0. The standard InChI is InChI=1S/C6H9BN2O3/c1-4-5(7(10)11)6(12-2)9-3-8-4/h3,10-11H,1-2H3. The van der Waals surface area contributed by atoms with E-state index < -0.39 is 7.12 Å². The van der Waals surface area contributed by atoms with Crippen molar-refractivity contribution in [2.24, 2.45) is 0 Å². The van der Waals surface area contributed by atoms with Crippen molar-refractivity contribution in [3.63, 3.8) is 0 Å². The smallest absolute Gasteiger partial charge is 0.481 e. The maximum absolute atomic E-state index is 8.91. The van der Waals surface area contributed by atoms with E-state index in [9.17, 15) is 0 Å². The van der Waals surface area contributed by atoms with Crippen LogP contribution in [0.4, 0.5) is 0 Å². The van der Waals surface area contributed by atoms with Crippen molar-refractivity contribution in [3.05, 3.63) is 12.0 Å². The summed E-state index contributed by atoms with van der Waals surface area (Å²) >= 11 is 0. The third-order valence-electron chi connectivity index (χ3n) is 1.50. The van der Waals surface area contributed by atoms with Crippen LogP contribution >= 0.6 is 0 Å². The minimum atomic E-state index is -1.60. The van der Waals surface area contributed by atoms with E-state index in [1.54, 1.807) is 6.92 Å². The second-order valence-corrected chi connectivity index (χ2v) is 2.26. The Morgan fingerprint density at radius 1 is 1.42 bits per heavy atom.